The van der Waals surface area contributed by atoms with Gasteiger partial charge in [0.15, 0.2) is 0 Å². The first-order valence-corrected chi connectivity index (χ1v) is 7.31. The zero-order valence-corrected chi connectivity index (χ0v) is 11.7. The van der Waals surface area contributed by atoms with E-state index in [9.17, 15) is 10.1 Å². The summed E-state index contributed by atoms with van der Waals surface area (Å²) in [5, 5.41) is 11.5. The van der Waals surface area contributed by atoms with Gasteiger partial charge in [0.1, 0.15) is 0 Å². The molecule has 1 fully saturated rings. The molecule has 1 atom stereocenters. The van der Waals surface area contributed by atoms with Crippen molar-refractivity contribution in [3.8, 4) is 0 Å². The van der Waals surface area contributed by atoms with Crippen LogP contribution in [0.4, 0.5) is 17.1 Å². The van der Waals surface area contributed by atoms with E-state index in [1.807, 2.05) is 17.8 Å². The fourth-order valence-corrected chi connectivity index (χ4v) is 3.35. The van der Waals surface area contributed by atoms with Crippen LogP contribution in [0.3, 0.4) is 0 Å². The van der Waals surface area contributed by atoms with Crippen LogP contribution in [-0.2, 0) is 0 Å². The minimum atomic E-state index is -0.389. The summed E-state index contributed by atoms with van der Waals surface area (Å²) in [6.45, 7) is 4.00. The van der Waals surface area contributed by atoms with E-state index in [2.05, 4.69) is 17.2 Å². The van der Waals surface area contributed by atoms with Crippen molar-refractivity contribution in [3.05, 3.63) is 28.3 Å². The van der Waals surface area contributed by atoms with Crippen molar-refractivity contribution in [2.45, 2.75) is 18.6 Å². The Bertz CT molecular complexity index is 469. The molecule has 104 valence electrons. The van der Waals surface area contributed by atoms with E-state index in [1.165, 1.54) is 6.07 Å². The first kappa shape index (κ1) is 14.0. The number of anilines is 2. The van der Waals surface area contributed by atoms with Crippen molar-refractivity contribution in [1.82, 2.24) is 0 Å². The highest BCUT2D eigenvalue weighted by Gasteiger charge is 2.21. The van der Waals surface area contributed by atoms with E-state index in [1.54, 1.807) is 6.07 Å². The molecule has 0 aliphatic carbocycles. The minimum Gasteiger partial charge on any atom is -0.369 e. The maximum atomic E-state index is 10.9. The number of nitrogens with two attached hydrogens (primary N) is 1. The van der Waals surface area contributed by atoms with Gasteiger partial charge in [0.05, 0.1) is 10.6 Å². The van der Waals surface area contributed by atoms with Crippen LogP contribution in [0.5, 0.6) is 0 Å². The molecule has 1 saturated heterocycles. The molecule has 0 radical (unpaired) electrons. The van der Waals surface area contributed by atoms with Gasteiger partial charge in [0.2, 0.25) is 0 Å². The van der Waals surface area contributed by atoms with Gasteiger partial charge < -0.3 is 10.3 Å². The van der Waals surface area contributed by atoms with Crippen molar-refractivity contribution >= 4 is 28.8 Å². The Morgan fingerprint density at radius 2 is 2.37 bits per heavy atom. The number of rotatable bonds is 4. The molecule has 1 aromatic rings. The summed E-state index contributed by atoms with van der Waals surface area (Å²) in [5.41, 5.74) is 3.98. The fraction of sp³-hybridized carbons (Fsp3) is 0.500. The zero-order valence-electron chi connectivity index (χ0n) is 10.8. The molecule has 1 aliphatic heterocycles. The van der Waals surface area contributed by atoms with E-state index in [0.717, 1.165) is 31.0 Å². The molecule has 1 aliphatic rings. The molecule has 7 heteroatoms. The molecule has 0 spiro atoms. The van der Waals surface area contributed by atoms with Crippen LogP contribution in [0.1, 0.15) is 13.3 Å². The Morgan fingerprint density at radius 1 is 1.58 bits per heavy atom. The molecule has 0 amide bonds. The standard InChI is InChI=1S/C12H18N4O2S/c1-2-12-8-15(3-4-19-12)10-5-9(14-13)6-11(7-10)16(17)18/h5-7,12,14H,2-4,8,13H2,1H3. The van der Waals surface area contributed by atoms with Gasteiger partial charge in [-0.15, -0.1) is 0 Å². The number of non-ortho nitro benzene ring substituents is 1. The van der Waals surface area contributed by atoms with Crippen molar-refractivity contribution in [3.63, 3.8) is 0 Å². The molecular weight excluding hydrogens is 264 g/mol. The lowest BCUT2D eigenvalue weighted by Crippen LogP contribution is -2.37. The third-order valence-electron chi connectivity index (χ3n) is 3.24. The van der Waals surface area contributed by atoms with Crippen LogP contribution in [0.25, 0.3) is 0 Å². The number of hydrogen-bond acceptors (Lipinski definition) is 6. The van der Waals surface area contributed by atoms with Gasteiger partial charge in [-0.3, -0.25) is 16.0 Å². The smallest absolute Gasteiger partial charge is 0.273 e. The average Bonchev–Trinajstić information content (AvgIpc) is 2.46. The Morgan fingerprint density at radius 3 is 3.00 bits per heavy atom. The number of nitro groups is 1. The highest BCUT2D eigenvalue weighted by atomic mass is 32.2. The maximum Gasteiger partial charge on any atom is 0.273 e. The number of benzene rings is 1. The summed E-state index contributed by atoms with van der Waals surface area (Å²) in [7, 11) is 0. The average molecular weight is 282 g/mol. The van der Waals surface area contributed by atoms with Gasteiger partial charge in [-0.2, -0.15) is 11.8 Å². The second-order valence-electron chi connectivity index (χ2n) is 4.49. The Labute approximate surface area is 116 Å². The summed E-state index contributed by atoms with van der Waals surface area (Å²) < 4.78 is 0. The lowest BCUT2D eigenvalue weighted by molar-refractivity contribution is -0.384. The highest BCUT2D eigenvalue weighted by Crippen LogP contribution is 2.30. The van der Waals surface area contributed by atoms with E-state index in [0.29, 0.717) is 10.9 Å². The Kier molecular flexibility index (Phi) is 4.49. The lowest BCUT2D eigenvalue weighted by atomic mass is 10.2. The van der Waals surface area contributed by atoms with Crippen LogP contribution in [0.15, 0.2) is 18.2 Å². The SMILES string of the molecule is CCC1CN(c2cc(NN)cc([N+](=O)[O-])c2)CCS1. The molecule has 2 rings (SSSR count). The molecule has 1 aromatic carbocycles. The number of nitrogens with zero attached hydrogens (tertiary/aromatic N) is 2. The second kappa shape index (κ2) is 6.12. The quantitative estimate of drug-likeness (QED) is 0.500. The van der Waals surface area contributed by atoms with E-state index in [4.69, 9.17) is 5.84 Å². The monoisotopic (exact) mass is 282 g/mol. The molecule has 0 bridgehead atoms. The van der Waals surface area contributed by atoms with Crippen molar-refractivity contribution in [2.75, 3.05) is 29.2 Å². The molecule has 1 heterocycles. The van der Waals surface area contributed by atoms with Gasteiger partial charge in [0, 0.05) is 41.9 Å². The maximum absolute atomic E-state index is 10.9. The number of hydrazine groups is 1. The summed E-state index contributed by atoms with van der Waals surface area (Å²) in [6, 6.07) is 4.92. The predicted octanol–water partition coefficient (Wildman–Crippen LogP) is 2.21. The largest absolute Gasteiger partial charge is 0.369 e. The van der Waals surface area contributed by atoms with Crippen LogP contribution >= 0.6 is 11.8 Å². The Balaban J connectivity index is 2.27. The van der Waals surface area contributed by atoms with Crippen LogP contribution in [0, 0.1) is 10.1 Å². The molecule has 0 saturated carbocycles. The zero-order chi connectivity index (χ0) is 13.8. The summed E-state index contributed by atoms with van der Waals surface area (Å²) >= 11 is 1.97. The van der Waals surface area contributed by atoms with E-state index >= 15 is 0 Å². The molecule has 6 nitrogen and oxygen atoms in total. The highest BCUT2D eigenvalue weighted by molar-refractivity contribution is 8.00. The third-order valence-corrected chi connectivity index (χ3v) is 4.61. The number of nitro benzene ring substituents is 1. The van der Waals surface area contributed by atoms with Crippen molar-refractivity contribution in [1.29, 1.82) is 0 Å². The summed E-state index contributed by atoms with van der Waals surface area (Å²) in [5.74, 6) is 6.42. The van der Waals surface area contributed by atoms with Crippen molar-refractivity contribution in [2.24, 2.45) is 5.84 Å². The number of nitrogens with one attached hydrogen (secondary N) is 1. The van der Waals surface area contributed by atoms with Gasteiger partial charge in [0.25, 0.3) is 5.69 Å². The van der Waals surface area contributed by atoms with Crippen LogP contribution in [-0.4, -0.2) is 29.0 Å². The van der Waals surface area contributed by atoms with Gasteiger partial charge in [-0.1, -0.05) is 6.92 Å². The number of nitrogen functional groups attached to an aromatic ring is 1. The van der Waals surface area contributed by atoms with E-state index in [-0.39, 0.29) is 10.6 Å². The molecule has 1 unspecified atom stereocenters. The van der Waals surface area contributed by atoms with Crippen LogP contribution < -0.4 is 16.2 Å². The number of thioether (sulfide) groups is 1. The lowest BCUT2D eigenvalue weighted by Gasteiger charge is -2.33. The summed E-state index contributed by atoms with van der Waals surface area (Å²) in [6.07, 6.45) is 1.11. The van der Waals surface area contributed by atoms with Gasteiger partial charge >= 0.3 is 0 Å². The first-order chi connectivity index (χ1) is 9.13. The van der Waals surface area contributed by atoms with E-state index < -0.39 is 0 Å². The third kappa shape index (κ3) is 3.30. The molecule has 3 N–H and O–H groups in total. The van der Waals surface area contributed by atoms with Crippen LogP contribution in [0.2, 0.25) is 0 Å². The Hall–Kier alpha value is -1.47. The normalized spacial score (nSPS) is 19.3. The second-order valence-corrected chi connectivity index (χ2v) is 5.89. The predicted molar refractivity (Wildman–Crippen MR) is 79.7 cm³/mol. The van der Waals surface area contributed by atoms with Crippen molar-refractivity contribution < 1.29 is 4.92 Å². The van der Waals surface area contributed by atoms with Gasteiger partial charge in [-0.25, -0.2) is 0 Å². The molecular formula is C12H18N4O2S. The van der Waals surface area contributed by atoms with Gasteiger partial charge in [-0.05, 0) is 12.5 Å². The minimum absolute atomic E-state index is 0.0664. The molecule has 19 heavy (non-hydrogen) atoms. The topological polar surface area (TPSA) is 84.4 Å². The number of hydrogen-bond donors (Lipinski definition) is 2. The first-order valence-electron chi connectivity index (χ1n) is 6.26. The molecule has 0 aromatic heterocycles. The summed E-state index contributed by atoms with van der Waals surface area (Å²) in [4.78, 5) is 12.7. The fourth-order valence-electron chi connectivity index (χ4n) is 2.17.